The summed E-state index contributed by atoms with van der Waals surface area (Å²) < 4.78 is 5.54. The average molecular weight is 522 g/mol. The molecule has 4 fully saturated rings. The van der Waals surface area contributed by atoms with Crippen LogP contribution in [-0.4, -0.2) is 29.5 Å². The quantitative estimate of drug-likeness (QED) is 0.307. The number of unbranched alkanes of at least 4 members (excludes halogenated alkanes) is 1. The van der Waals surface area contributed by atoms with E-state index < -0.39 is 6.04 Å². The van der Waals surface area contributed by atoms with E-state index in [4.69, 9.17) is 17.7 Å². The highest BCUT2D eigenvalue weighted by molar-refractivity contribution is 5.94. The lowest BCUT2D eigenvalue weighted by Crippen LogP contribution is -2.54. The third kappa shape index (κ3) is 4.67. The molecule has 2 aromatic carbocycles. The van der Waals surface area contributed by atoms with Gasteiger partial charge in [-0.15, -0.1) is 6.42 Å². The Bertz CT molecular complexity index is 1310. The number of methoxy groups -OCH3 is 1. The molecule has 202 valence electrons. The summed E-state index contributed by atoms with van der Waals surface area (Å²) in [5.41, 5.74) is 4.81. The van der Waals surface area contributed by atoms with Gasteiger partial charge in [-0.2, -0.15) is 0 Å². The summed E-state index contributed by atoms with van der Waals surface area (Å²) in [5.74, 6) is 5.44. The van der Waals surface area contributed by atoms with Gasteiger partial charge in [0, 0.05) is 17.3 Å². The molecule has 5 aliphatic rings. The van der Waals surface area contributed by atoms with Crippen LogP contribution in [0.3, 0.4) is 0 Å². The van der Waals surface area contributed by atoms with Crippen molar-refractivity contribution in [2.24, 2.45) is 17.8 Å². The zero-order valence-corrected chi connectivity index (χ0v) is 23.2. The van der Waals surface area contributed by atoms with Crippen molar-refractivity contribution in [3.63, 3.8) is 0 Å². The van der Waals surface area contributed by atoms with E-state index in [-0.39, 0.29) is 17.5 Å². The van der Waals surface area contributed by atoms with Crippen molar-refractivity contribution >= 4 is 17.3 Å². The van der Waals surface area contributed by atoms with E-state index in [1.54, 1.807) is 7.11 Å². The molecule has 4 bridgehead atoms. The number of benzene rings is 2. The highest BCUT2D eigenvalue weighted by Crippen LogP contribution is 2.57. The Hall–Kier alpha value is -3.44. The Morgan fingerprint density at radius 3 is 2.44 bits per heavy atom. The molecule has 5 nitrogen and oxygen atoms in total. The molecule has 4 saturated carbocycles. The van der Waals surface area contributed by atoms with E-state index in [1.165, 1.54) is 38.5 Å². The summed E-state index contributed by atoms with van der Waals surface area (Å²) in [6.07, 6.45) is 17.3. The van der Waals surface area contributed by atoms with Crippen LogP contribution >= 0.6 is 0 Å². The summed E-state index contributed by atoms with van der Waals surface area (Å²) >= 11 is 0. The number of amides is 1. The van der Waals surface area contributed by atoms with Crippen LogP contribution in [0.5, 0.6) is 5.75 Å². The van der Waals surface area contributed by atoms with Gasteiger partial charge in [-0.05, 0) is 116 Å². The van der Waals surface area contributed by atoms with Crippen LogP contribution in [-0.2, 0) is 11.2 Å². The van der Waals surface area contributed by atoms with E-state index in [0.717, 1.165) is 71.6 Å². The molecule has 5 heteroatoms. The van der Waals surface area contributed by atoms with E-state index in [2.05, 4.69) is 41.2 Å². The first-order valence-electron chi connectivity index (χ1n) is 14.7. The molecule has 0 aromatic heterocycles. The van der Waals surface area contributed by atoms with E-state index in [1.807, 2.05) is 23.1 Å². The lowest BCUT2D eigenvalue weighted by Gasteiger charge is -2.57. The SMILES string of the molecule is [C-]#[N+]c1cc(NC23CC4CC(CC(C4)C2)C3)ccc1[C@H]1c2ccc(OC)cc2C[C@H](CCCC)N1C(=O)C#C. The average Bonchev–Trinajstić information content (AvgIpc) is 2.93. The highest BCUT2D eigenvalue weighted by Gasteiger charge is 2.51. The second kappa shape index (κ2) is 10.3. The molecule has 4 aliphatic carbocycles. The third-order valence-electron chi connectivity index (χ3n) is 9.91. The fourth-order valence-corrected chi connectivity index (χ4v) is 8.74. The van der Waals surface area contributed by atoms with E-state index >= 15 is 0 Å². The number of nitrogens with zero attached hydrogens (tertiary/aromatic N) is 2. The van der Waals surface area contributed by atoms with Crippen molar-refractivity contribution in [2.45, 2.75) is 88.8 Å². The molecule has 0 spiro atoms. The van der Waals surface area contributed by atoms with Crippen LogP contribution in [0.15, 0.2) is 36.4 Å². The van der Waals surface area contributed by atoms with E-state index in [0.29, 0.717) is 5.69 Å². The molecular formula is C34H39N3O2. The Balaban J connectivity index is 1.39. The van der Waals surface area contributed by atoms with Crippen LogP contribution < -0.4 is 10.1 Å². The number of hydrogen-bond donors (Lipinski definition) is 1. The topological polar surface area (TPSA) is 45.9 Å². The van der Waals surface area contributed by atoms with Crippen LogP contribution in [0.1, 0.15) is 87.4 Å². The van der Waals surface area contributed by atoms with Gasteiger partial charge in [-0.3, -0.25) is 4.79 Å². The first-order valence-corrected chi connectivity index (χ1v) is 14.7. The number of nitrogens with one attached hydrogen (secondary N) is 1. The first kappa shape index (κ1) is 25.8. The predicted molar refractivity (Wildman–Crippen MR) is 155 cm³/mol. The van der Waals surface area contributed by atoms with Gasteiger partial charge in [0.2, 0.25) is 0 Å². The van der Waals surface area contributed by atoms with Gasteiger partial charge >= 0.3 is 0 Å². The molecule has 2 aromatic rings. The maximum absolute atomic E-state index is 13.3. The fraction of sp³-hybridized carbons (Fsp3) is 0.529. The summed E-state index contributed by atoms with van der Waals surface area (Å²) in [7, 11) is 1.68. The molecule has 1 aliphatic heterocycles. The lowest BCUT2D eigenvalue weighted by atomic mass is 9.53. The van der Waals surface area contributed by atoms with Crippen molar-refractivity contribution in [1.29, 1.82) is 0 Å². The van der Waals surface area contributed by atoms with Crippen molar-refractivity contribution in [3.05, 3.63) is 64.5 Å². The number of ether oxygens (including phenoxy) is 1. The van der Waals surface area contributed by atoms with Gasteiger partial charge in [0.25, 0.3) is 5.91 Å². The van der Waals surface area contributed by atoms with Gasteiger partial charge < -0.3 is 15.0 Å². The minimum atomic E-state index is -0.400. The molecular weight excluding hydrogens is 482 g/mol. The van der Waals surface area contributed by atoms with Gasteiger partial charge in [-0.25, -0.2) is 4.85 Å². The van der Waals surface area contributed by atoms with Crippen molar-refractivity contribution in [3.8, 4) is 18.1 Å². The first-order chi connectivity index (χ1) is 19.0. The summed E-state index contributed by atoms with van der Waals surface area (Å²) in [6.45, 7) is 10.3. The Morgan fingerprint density at radius 1 is 1.13 bits per heavy atom. The Labute approximate surface area is 233 Å². The maximum atomic E-state index is 13.3. The number of rotatable bonds is 7. The molecule has 39 heavy (non-hydrogen) atoms. The molecule has 7 rings (SSSR count). The monoisotopic (exact) mass is 521 g/mol. The number of anilines is 1. The van der Waals surface area contributed by atoms with Crippen molar-refractivity contribution in [1.82, 2.24) is 4.90 Å². The van der Waals surface area contributed by atoms with Gasteiger partial charge in [0.15, 0.2) is 5.69 Å². The molecule has 1 amide bonds. The van der Waals surface area contributed by atoms with Crippen LogP contribution in [0.4, 0.5) is 11.4 Å². The summed E-state index contributed by atoms with van der Waals surface area (Å²) in [5, 5.41) is 3.93. The number of carbonyl (C=O) groups excluding carboxylic acids is 1. The second-order valence-corrected chi connectivity index (χ2v) is 12.5. The van der Waals surface area contributed by atoms with E-state index in [9.17, 15) is 4.79 Å². The minimum Gasteiger partial charge on any atom is -0.497 e. The smallest absolute Gasteiger partial charge is 0.299 e. The zero-order valence-electron chi connectivity index (χ0n) is 23.2. The van der Waals surface area contributed by atoms with Crippen molar-refractivity contribution in [2.75, 3.05) is 12.4 Å². The second-order valence-electron chi connectivity index (χ2n) is 12.5. The molecule has 1 heterocycles. The van der Waals surface area contributed by atoms with Crippen LogP contribution in [0.2, 0.25) is 0 Å². The molecule has 0 saturated heterocycles. The fourth-order valence-electron chi connectivity index (χ4n) is 8.74. The van der Waals surface area contributed by atoms with Crippen LogP contribution in [0.25, 0.3) is 4.85 Å². The largest absolute Gasteiger partial charge is 0.497 e. The molecule has 1 N–H and O–H groups in total. The van der Waals surface area contributed by atoms with Crippen molar-refractivity contribution < 1.29 is 9.53 Å². The minimum absolute atomic E-state index is 0.0264. The zero-order chi connectivity index (χ0) is 27.1. The highest BCUT2D eigenvalue weighted by atomic mass is 16.5. The standard InChI is InChI=1S/C34H39N3O2/c1-5-7-8-27-16-25-17-28(39-4)10-12-29(25)33(37(27)32(38)6-2)30-11-9-26(18-31(30)35-3)36-34-19-22-13-23(20-34)15-24(14-22)21-34/h2,9-12,17-18,22-24,27,33,36H,5,7-8,13-16,19-21H2,1,4H3/t22?,23?,24?,27-,33+,34?/m0/s1. The van der Waals surface area contributed by atoms with Crippen LogP contribution in [0, 0.1) is 36.7 Å². The molecule has 0 unspecified atom stereocenters. The van der Waals surface area contributed by atoms with Gasteiger partial charge in [0.1, 0.15) is 5.75 Å². The molecule has 0 radical (unpaired) electrons. The Kier molecular flexibility index (Phi) is 6.80. The maximum Gasteiger partial charge on any atom is 0.299 e. The summed E-state index contributed by atoms with van der Waals surface area (Å²) in [6, 6.07) is 11.8. The number of carbonyl (C=O) groups is 1. The number of fused-ring (bicyclic) bond motifs is 1. The normalized spacial score (nSPS) is 30.3. The van der Waals surface area contributed by atoms with Gasteiger partial charge in [-0.1, -0.05) is 31.9 Å². The number of terminal acetylenes is 1. The number of hydrogen-bond acceptors (Lipinski definition) is 3. The lowest BCUT2D eigenvalue weighted by molar-refractivity contribution is -0.130. The predicted octanol–water partition coefficient (Wildman–Crippen LogP) is 7.29. The molecule has 2 atom stereocenters. The summed E-state index contributed by atoms with van der Waals surface area (Å²) in [4.78, 5) is 19.2. The van der Waals surface area contributed by atoms with Gasteiger partial charge in [0.05, 0.1) is 19.7 Å². The third-order valence-corrected chi connectivity index (χ3v) is 9.91. The Morgan fingerprint density at radius 2 is 1.82 bits per heavy atom.